The molecule has 96 valence electrons. The third-order valence-electron chi connectivity index (χ3n) is 2.78. The molecule has 2 aromatic rings. The Bertz CT molecular complexity index is 631. The molecule has 1 aromatic heterocycles. The Balaban J connectivity index is 2.50. The highest BCUT2D eigenvalue weighted by molar-refractivity contribution is 5.68. The van der Waals surface area contributed by atoms with Crippen molar-refractivity contribution in [2.75, 3.05) is 17.4 Å². The van der Waals surface area contributed by atoms with Gasteiger partial charge in [-0.2, -0.15) is 10.2 Å². The van der Waals surface area contributed by atoms with Gasteiger partial charge in [-0.05, 0) is 19.1 Å². The van der Waals surface area contributed by atoms with Crippen molar-refractivity contribution >= 4 is 17.5 Å². The fourth-order valence-corrected chi connectivity index (χ4v) is 1.82. The normalized spacial score (nSPS) is 9.79. The molecule has 2 rings (SSSR count). The highest BCUT2D eigenvalue weighted by atomic mass is 15.3. The average Bonchev–Trinajstić information content (AvgIpc) is 2.47. The summed E-state index contributed by atoms with van der Waals surface area (Å²) in [5.41, 5.74) is 4.69. The summed E-state index contributed by atoms with van der Waals surface area (Å²) in [7, 11) is 1.85. The molecule has 0 unspecified atom stereocenters. The lowest BCUT2D eigenvalue weighted by Gasteiger charge is -2.21. The first kappa shape index (κ1) is 12.8. The molecule has 0 spiro atoms. The van der Waals surface area contributed by atoms with Gasteiger partial charge >= 0.3 is 0 Å². The number of benzene rings is 1. The lowest BCUT2D eigenvalue weighted by molar-refractivity contribution is 1.04. The van der Waals surface area contributed by atoms with Crippen molar-refractivity contribution in [1.29, 1.82) is 5.26 Å². The van der Waals surface area contributed by atoms with Crippen LogP contribution in [0.15, 0.2) is 30.5 Å². The van der Waals surface area contributed by atoms with Gasteiger partial charge in [-0.1, -0.05) is 12.1 Å². The second kappa shape index (κ2) is 5.33. The molecule has 0 fully saturated rings. The molecule has 0 bridgehead atoms. The number of aromatic nitrogens is 2. The van der Waals surface area contributed by atoms with E-state index in [4.69, 9.17) is 11.1 Å². The summed E-state index contributed by atoms with van der Waals surface area (Å²) in [6.45, 7) is 1.90. The summed E-state index contributed by atoms with van der Waals surface area (Å²) in [6.07, 6.45) is 1.68. The van der Waals surface area contributed by atoms with E-state index in [0.29, 0.717) is 17.3 Å². The number of nitrogen functional groups attached to an aromatic ring is 1. The van der Waals surface area contributed by atoms with Crippen LogP contribution in [0.2, 0.25) is 0 Å². The first-order valence-electron chi connectivity index (χ1n) is 5.70. The Hall–Kier alpha value is -2.65. The van der Waals surface area contributed by atoms with E-state index in [1.165, 1.54) is 0 Å². The van der Waals surface area contributed by atoms with Crippen LogP contribution in [-0.4, -0.2) is 17.0 Å². The van der Waals surface area contributed by atoms with E-state index >= 15 is 0 Å². The van der Waals surface area contributed by atoms with Crippen molar-refractivity contribution in [3.63, 3.8) is 0 Å². The van der Waals surface area contributed by atoms with Crippen molar-refractivity contribution < 1.29 is 0 Å². The maximum absolute atomic E-state index is 9.14. The predicted octanol–water partition coefficient (Wildman–Crippen LogP) is 1.71. The van der Waals surface area contributed by atoms with Crippen molar-refractivity contribution in [2.24, 2.45) is 5.84 Å². The molecule has 19 heavy (non-hydrogen) atoms. The molecule has 1 aromatic carbocycles. The van der Waals surface area contributed by atoms with Gasteiger partial charge in [0.15, 0.2) is 0 Å². The summed E-state index contributed by atoms with van der Waals surface area (Å²) in [6, 6.07) is 9.52. The highest BCUT2D eigenvalue weighted by Crippen LogP contribution is 2.27. The Morgan fingerprint density at radius 1 is 1.37 bits per heavy atom. The summed E-state index contributed by atoms with van der Waals surface area (Å²) in [5.74, 6) is 6.35. The van der Waals surface area contributed by atoms with Gasteiger partial charge < -0.3 is 4.90 Å². The fourth-order valence-electron chi connectivity index (χ4n) is 1.82. The number of nitrogens with zero attached hydrogens (tertiary/aromatic N) is 4. The molecule has 0 saturated heterocycles. The van der Waals surface area contributed by atoms with Crippen LogP contribution in [0.3, 0.4) is 0 Å². The number of para-hydroxylation sites is 1. The van der Waals surface area contributed by atoms with E-state index in [1.807, 2.05) is 37.1 Å². The standard InChI is InChI=1S/C13H14N6/c1-9-8-16-13(18-15)17-12(9)19(2)11-6-4-3-5-10(11)7-14/h3-6,8H,15H2,1-2H3,(H,16,17,18). The van der Waals surface area contributed by atoms with Crippen LogP contribution in [0.5, 0.6) is 0 Å². The zero-order valence-electron chi connectivity index (χ0n) is 10.8. The number of nitriles is 1. The molecule has 0 radical (unpaired) electrons. The molecule has 3 N–H and O–H groups in total. The zero-order chi connectivity index (χ0) is 13.8. The minimum absolute atomic E-state index is 0.335. The van der Waals surface area contributed by atoms with Gasteiger partial charge in [-0.25, -0.2) is 10.8 Å². The van der Waals surface area contributed by atoms with Crippen molar-refractivity contribution in [2.45, 2.75) is 6.92 Å². The third-order valence-corrected chi connectivity index (χ3v) is 2.78. The largest absolute Gasteiger partial charge is 0.328 e. The molecule has 0 atom stereocenters. The van der Waals surface area contributed by atoms with E-state index in [1.54, 1.807) is 12.3 Å². The highest BCUT2D eigenvalue weighted by Gasteiger charge is 2.13. The van der Waals surface area contributed by atoms with Gasteiger partial charge in [0, 0.05) is 18.8 Å². The number of hydrogen-bond acceptors (Lipinski definition) is 6. The smallest absolute Gasteiger partial charge is 0.239 e. The van der Waals surface area contributed by atoms with E-state index in [-0.39, 0.29) is 0 Å². The van der Waals surface area contributed by atoms with E-state index < -0.39 is 0 Å². The molecule has 1 heterocycles. The number of nitrogens with two attached hydrogens (primary N) is 1. The minimum Gasteiger partial charge on any atom is -0.328 e. The molecule has 0 saturated carbocycles. The average molecular weight is 254 g/mol. The second-order valence-electron chi connectivity index (χ2n) is 4.03. The lowest BCUT2D eigenvalue weighted by atomic mass is 10.1. The SMILES string of the molecule is Cc1cnc(NN)nc1N(C)c1ccccc1C#N. The van der Waals surface area contributed by atoms with Crippen LogP contribution < -0.4 is 16.2 Å². The van der Waals surface area contributed by atoms with Crippen LogP contribution in [0.1, 0.15) is 11.1 Å². The quantitative estimate of drug-likeness (QED) is 0.640. The summed E-state index contributed by atoms with van der Waals surface area (Å²) in [4.78, 5) is 10.2. The molecule has 0 aliphatic heterocycles. The van der Waals surface area contributed by atoms with Crippen LogP contribution >= 0.6 is 0 Å². The van der Waals surface area contributed by atoms with Gasteiger partial charge in [0.05, 0.1) is 11.3 Å². The Labute approximate surface area is 111 Å². The second-order valence-corrected chi connectivity index (χ2v) is 4.03. The maximum atomic E-state index is 9.14. The van der Waals surface area contributed by atoms with E-state index in [2.05, 4.69) is 21.5 Å². The Morgan fingerprint density at radius 2 is 2.11 bits per heavy atom. The topological polar surface area (TPSA) is 90.9 Å². The van der Waals surface area contributed by atoms with E-state index in [9.17, 15) is 0 Å². The molecule has 0 amide bonds. The molecule has 6 heteroatoms. The molecular weight excluding hydrogens is 240 g/mol. The number of aryl methyl sites for hydroxylation is 1. The van der Waals surface area contributed by atoms with Gasteiger partial charge in [0.25, 0.3) is 0 Å². The Morgan fingerprint density at radius 3 is 2.79 bits per heavy atom. The third kappa shape index (κ3) is 2.46. The van der Waals surface area contributed by atoms with Crippen LogP contribution in [0.25, 0.3) is 0 Å². The van der Waals surface area contributed by atoms with Crippen molar-refractivity contribution in [3.05, 3.63) is 41.6 Å². The number of hydrogen-bond donors (Lipinski definition) is 2. The predicted molar refractivity (Wildman–Crippen MR) is 73.8 cm³/mol. The molecule has 0 aliphatic rings. The monoisotopic (exact) mass is 254 g/mol. The van der Waals surface area contributed by atoms with Gasteiger partial charge in [0.1, 0.15) is 11.9 Å². The first-order chi connectivity index (χ1) is 9.17. The number of rotatable bonds is 3. The first-order valence-corrected chi connectivity index (χ1v) is 5.70. The molecule has 6 nitrogen and oxygen atoms in total. The van der Waals surface area contributed by atoms with Crippen LogP contribution in [0, 0.1) is 18.3 Å². The van der Waals surface area contributed by atoms with Gasteiger partial charge in [-0.15, -0.1) is 0 Å². The van der Waals surface area contributed by atoms with Crippen LogP contribution in [0.4, 0.5) is 17.5 Å². The van der Waals surface area contributed by atoms with Crippen molar-refractivity contribution in [1.82, 2.24) is 9.97 Å². The van der Waals surface area contributed by atoms with Gasteiger partial charge in [0.2, 0.25) is 5.95 Å². The number of nitrogens with one attached hydrogen (secondary N) is 1. The molecular formula is C13H14N6. The number of anilines is 3. The van der Waals surface area contributed by atoms with Gasteiger partial charge in [-0.3, -0.25) is 5.43 Å². The van der Waals surface area contributed by atoms with Crippen LogP contribution in [-0.2, 0) is 0 Å². The lowest BCUT2D eigenvalue weighted by Crippen LogP contribution is -2.17. The molecule has 0 aliphatic carbocycles. The zero-order valence-corrected chi connectivity index (χ0v) is 10.8. The minimum atomic E-state index is 0.335. The number of hydrazine groups is 1. The maximum Gasteiger partial charge on any atom is 0.239 e. The van der Waals surface area contributed by atoms with E-state index in [0.717, 1.165) is 11.3 Å². The summed E-state index contributed by atoms with van der Waals surface area (Å²) >= 11 is 0. The summed E-state index contributed by atoms with van der Waals surface area (Å²) < 4.78 is 0. The van der Waals surface area contributed by atoms with Crippen molar-refractivity contribution in [3.8, 4) is 6.07 Å². The Kier molecular flexibility index (Phi) is 3.59. The fraction of sp³-hybridized carbons (Fsp3) is 0.154. The summed E-state index contributed by atoms with van der Waals surface area (Å²) in [5, 5.41) is 9.14.